The number of rotatable bonds is 3. The lowest BCUT2D eigenvalue weighted by atomic mass is 10.1. The average molecular weight is 314 g/mol. The molecule has 6 heteroatoms. The topological polar surface area (TPSA) is 72.2 Å². The van der Waals surface area contributed by atoms with Crippen molar-refractivity contribution in [2.45, 2.75) is 0 Å². The van der Waals surface area contributed by atoms with Gasteiger partial charge >= 0.3 is 0 Å². The predicted molar refractivity (Wildman–Crippen MR) is 84.7 cm³/mol. The minimum Gasteiger partial charge on any atom is -0.366 e. The van der Waals surface area contributed by atoms with E-state index in [1.807, 2.05) is 0 Å². The lowest BCUT2D eigenvalue weighted by molar-refractivity contribution is 0.100. The van der Waals surface area contributed by atoms with Crippen molar-refractivity contribution in [1.82, 2.24) is 0 Å². The number of carbonyl (C=O) groups excluding carboxylic acids is 2. The monoisotopic (exact) mass is 314 g/mol. The highest BCUT2D eigenvalue weighted by molar-refractivity contribution is 7.20. The SMILES string of the molecule is NC(=O)c1ccccc1NC(=O)c1cc2c(F)cccc2s1. The molecule has 0 aliphatic rings. The summed E-state index contributed by atoms with van der Waals surface area (Å²) in [7, 11) is 0. The van der Waals surface area contributed by atoms with Crippen LogP contribution in [0.3, 0.4) is 0 Å². The van der Waals surface area contributed by atoms with Gasteiger partial charge in [0.2, 0.25) is 0 Å². The number of para-hydroxylation sites is 1. The molecule has 2 aromatic carbocycles. The van der Waals surface area contributed by atoms with Gasteiger partial charge in [0.25, 0.3) is 11.8 Å². The molecular formula is C16H11FN2O2S. The number of nitrogens with two attached hydrogens (primary N) is 1. The number of halogens is 1. The third-order valence-electron chi connectivity index (χ3n) is 3.17. The predicted octanol–water partition coefficient (Wildman–Crippen LogP) is 3.39. The summed E-state index contributed by atoms with van der Waals surface area (Å²) in [5.74, 6) is -1.40. The van der Waals surface area contributed by atoms with E-state index in [1.54, 1.807) is 30.3 Å². The first-order valence-electron chi connectivity index (χ1n) is 6.44. The summed E-state index contributed by atoms with van der Waals surface area (Å²) in [6.45, 7) is 0. The molecule has 3 rings (SSSR count). The van der Waals surface area contributed by atoms with E-state index in [2.05, 4.69) is 5.32 Å². The molecule has 22 heavy (non-hydrogen) atoms. The number of carbonyl (C=O) groups is 2. The van der Waals surface area contributed by atoms with Crippen LogP contribution < -0.4 is 11.1 Å². The Balaban J connectivity index is 1.94. The quantitative estimate of drug-likeness (QED) is 0.778. The highest BCUT2D eigenvalue weighted by Gasteiger charge is 2.15. The Hall–Kier alpha value is -2.73. The molecule has 2 amide bonds. The minimum absolute atomic E-state index is 0.225. The summed E-state index contributed by atoms with van der Waals surface area (Å²) in [4.78, 5) is 24.0. The van der Waals surface area contributed by atoms with E-state index in [1.165, 1.54) is 29.5 Å². The maximum atomic E-state index is 13.7. The Labute approximate surface area is 129 Å². The Morgan fingerprint density at radius 2 is 1.86 bits per heavy atom. The Morgan fingerprint density at radius 1 is 1.09 bits per heavy atom. The van der Waals surface area contributed by atoms with Gasteiger partial charge in [-0.1, -0.05) is 18.2 Å². The molecule has 0 atom stereocenters. The van der Waals surface area contributed by atoms with Gasteiger partial charge in [0.15, 0.2) is 0 Å². The van der Waals surface area contributed by atoms with Crippen molar-refractivity contribution in [3.8, 4) is 0 Å². The summed E-state index contributed by atoms with van der Waals surface area (Å²) in [6.07, 6.45) is 0. The van der Waals surface area contributed by atoms with Crippen LogP contribution >= 0.6 is 11.3 Å². The highest BCUT2D eigenvalue weighted by atomic mass is 32.1. The van der Waals surface area contributed by atoms with Crippen LogP contribution in [0.5, 0.6) is 0 Å². The summed E-state index contributed by atoms with van der Waals surface area (Å²) < 4.78 is 14.4. The molecule has 0 saturated heterocycles. The van der Waals surface area contributed by atoms with E-state index in [9.17, 15) is 14.0 Å². The summed E-state index contributed by atoms with van der Waals surface area (Å²) >= 11 is 1.18. The summed E-state index contributed by atoms with van der Waals surface area (Å²) in [5, 5.41) is 3.04. The molecule has 0 spiro atoms. The second kappa shape index (κ2) is 5.57. The molecule has 0 unspecified atom stereocenters. The molecule has 1 aromatic heterocycles. The second-order valence-corrected chi connectivity index (χ2v) is 5.71. The first-order chi connectivity index (χ1) is 10.6. The number of hydrogen-bond donors (Lipinski definition) is 2. The van der Waals surface area contributed by atoms with Crippen LogP contribution in [0, 0.1) is 5.82 Å². The molecule has 1 heterocycles. The fourth-order valence-electron chi connectivity index (χ4n) is 2.13. The lowest BCUT2D eigenvalue weighted by Gasteiger charge is -2.07. The van der Waals surface area contributed by atoms with Gasteiger partial charge < -0.3 is 11.1 Å². The molecule has 110 valence electrons. The number of fused-ring (bicyclic) bond motifs is 1. The molecule has 3 N–H and O–H groups in total. The van der Waals surface area contributed by atoms with Crippen molar-refractivity contribution >= 4 is 38.9 Å². The highest BCUT2D eigenvalue weighted by Crippen LogP contribution is 2.28. The maximum absolute atomic E-state index is 13.7. The number of benzene rings is 2. The Kier molecular flexibility index (Phi) is 3.60. The first-order valence-corrected chi connectivity index (χ1v) is 7.26. The van der Waals surface area contributed by atoms with E-state index < -0.39 is 11.8 Å². The molecule has 3 aromatic rings. The van der Waals surface area contributed by atoms with Gasteiger partial charge in [0.05, 0.1) is 16.1 Å². The van der Waals surface area contributed by atoms with Crippen LogP contribution in [0.15, 0.2) is 48.5 Å². The number of amides is 2. The second-order valence-electron chi connectivity index (χ2n) is 4.63. The standard InChI is InChI=1S/C16H11FN2O2S/c17-11-5-3-7-13-10(11)8-14(22-13)16(21)19-12-6-2-1-4-9(12)15(18)20/h1-8H,(H2,18,20)(H,19,21). The third kappa shape index (κ3) is 2.56. The summed E-state index contributed by atoms with van der Waals surface area (Å²) in [6, 6.07) is 12.7. The van der Waals surface area contributed by atoms with Gasteiger partial charge in [-0.25, -0.2) is 4.39 Å². The van der Waals surface area contributed by atoms with Gasteiger partial charge in [0.1, 0.15) is 5.82 Å². The van der Waals surface area contributed by atoms with Gasteiger partial charge in [-0.15, -0.1) is 11.3 Å². The van der Waals surface area contributed by atoms with Crippen LogP contribution in [0.4, 0.5) is 10.1 Å². The maximum Gasteiger partial charge on any atom is 0.265 e. The normalized spacial score (nSPS) is 10.6. The third-order valence-corrected chi connectivity index (χ3v) is 4.27. The number of nitrogens with one attached hydrogen (secondary N) is 1. The van der Waals surface area contributed by atoms with Gasteiger partial charge in [-0.05, 0) is 30.3 Å². The first kappa shape index (κ1) is 14.2. The van der Waals surface area contributed by atoms with Crippen molar-refractivity contribution in [3.05, 3.63) is 64.8 Å². The summed E-state index contributed by atoms with van der Waals surface area (Å²) in [5.41, 5.74) is 5.83. The molecule has 0 fully saturated rings. The average Bonchev–Trinajstić information content (AvgIpc) is 2.93. The van der Waals surface area contributed by atoms with Crippen molar-refractivity contribution in [2.24, 2.45) is 5.73 Å². The fourth-order valence-corrected chi connectivity index (χ4v) is 3.10. The molecule has 0 bridgehead atoms. The number of thiophene rings is 1. The van der Waals surface area contributed by atoms with Crippen molar-refractivity contribution in [1.29, 1.82) is 0 Å². The zero-order chi connectivity index (χ0) is 15.7. The van der Waals surface area contributed by atoms with Crippen molar-refractivity contribution in [3.63, 3.8) is 0 Å². The van der Waals surface area contributed by atoms with Gasteiger partial charge in [0, 0.05) is 10.1 Å². The van der Waals surface area contributed by atoms with Crippen LogP contribution in [-0.2, 0) is 0 Å². The number of hydrogen-bond acceptors (Lipinski definition) is 3. The molecular weight excluding hydrogens is 303 g/mol. The van der Waals surface area contributed by atoms with Gasteiger partial charge in [-0.3, -0.25) is 9.59 Å². The molecule has 4 nitrogen and oxygen atoms in total. The lowest BCUT2D eigenvalue weighted by Crippen LogP contribution is -2.17. The van der Waals surface area contributed by atoms with Crippen LogP contribution in [-0.4, -0.2) is 11.8 Å². The fraction of sp³-hybridized carbons (Fsp3) is 0. The molecule has 0 aliphatic heterocycles. The van der Waals surface area contributed by atoms with Crippen molar-refractivity contribution in [2.75, 3.05) is 5.32 Å². The van der Waals surface area contributed by atoms with E-state index in [4.69, 9.17) is 5.73 Å². The Morgan fingerprint density at radius 3 is 2.59 bits per heavy atom. The molecule has 0 saturated carbocycles. The smallest absolute Gasteiger partial charge is 0.265 e. The van der Waals surface area contributed by atoms with Crippen molar-refractivity contribution < 1.29 is 14.0 Å². The molecule has 0 radical (unpaired) electrons. The number of primary amides is 1. The largest absolute Gasteiger partial charge is 0.366 e. The van der Waals surface area contributed by atoms with E-state index in [0.29, 0.717) is 20.7 Å². The van der Waals surface area contributed by atoms with E-state index in [-0.39, 0.29) is 11.4 Å². The van der Waals surface area contributed by atoms with Gasteiger partial charge in [-0.2, -0.15) is 0 Å². The zero-order valence-corrected chi connectivity index (χ0v) is 12.1. The molecule has 0 aliphatic carbocycles. The van der Waals surface area contributed by atoms with Crippen LogP contribution in [0.1, 0.15) is 20.0 Å². The zero-order valence-electron chi connectivity index (χ0n) is 11.3. The van der Waals surface area contributed by atoms with Crippen LogP contribution in [0.25, 0.3) is 10.1 Å². The van der Waals surface area contributed by atoms with E-state index >= 15 is 0 Å². The van der Waals surface area contributed by atoms with E-state index in [0.717, 1.165) is 0 Å². The van der Waals surface area contributed by atoms with Crippen LogP contribution in [0.2, 0.25) is 0 Å². The minimum atomic E-state index is -0.627. The number of anilines is 1. The Bertz CT molecular complexity index is 889.